The van der Waals surface area contributed by atoms with Crippen molar-refractivity contribution in [2.24, 2.45) is 0 Å². The normalized spacial score (nSPS) is 13.0. The molecule has 0 radical (unpaired) electrons. The topological polar surface area (TPSA) is 38.7 Å². The van der Waals surface area contributed by atoms with Crippen molar-refractivity contribution in [3.05, 3.63) is 37.0 Å². The average molecular weight is 381 g/mol. The van der Waals surface area contributed by atoms with E-state index in [1.165, 1.54) is 64.2 Å². The van der Waals surface area contributed by atoms with Gasteiger partial charge in [0.15, 0.2) is 0 Å². The lowest BCUT2D eigenvalue weighted by Gasteiger charge is -2.10. The summed E-state index contributed by atoms with van der Waals surface area (Å²) in [6, 6.07) is 0. The van der Waals surface area contributed by atoms with Gasteiger partial charge >= 0.3 is 0 Å². The molecule has 0 aromatic heterocycles. The lowest BCUT2D eigenvalue weighted by Crippen LogP contribution is -2.22. The molecule has 0 saturated carbocycles. The number of aliphatic hydroxyl groups is 1. The van der Waals surface area contributed by atoms with Gasteiger partial charge in [-0.2, -0.15) is 0 Å². The molecule has 0 fully saturated rings. The lowest BCUT2D eigenvalue weighted by atomic mass is 10.1. The number of hydrogen-bond donors (Lipinski definition) is 1. The molecule has 0 amide bonds. The number of hydrogen-bond acceptors (Lipinski definition) is 3. The van der Waals surface area contributed by atoms with E-state index in [2.05, 4.69) is 37.8 Å². The second kappa shape index (κ2) is 23.1. The van der Waals surface area contributed by atoms with Crippen molar-refractivity contribution in [2.75, 3.05) is 26.4 Å². The van der Waals surface area contributed by atoms with E-state index in [1.807, 2.05) is 0 Å². The number of allylic oxidation sites excluding steroid dienone is 4. The standard InChI is InChI=1S/C24H44O3/c1-3-5-6-7-8-9-10-11-12-13-14-15-16-17-18-19-21-27-23-24(25)22-26-20-4-2/h4,9-10,12-13,24-25H,2-3,5-8,11,14-23H2,1H3/b10-9+,13-12+. The van der Waals surface area contributed by atoms with E-state index in [4.69, 9.17) is 9.47 Å². The summed E-state index contributed by atoms with van der Waals surface area (Å²) in [6.07, 6.45) is 25.4. The van der Waals surface area contributed by atoms with Crippen LogP contribution >= 0.6 is 0 Å². The summed E-state index contributed by atoms with van der Waals surface area (Å²) in [5, 5.41) is 9.62. The van der Waals surface area contributed by atoms with Crippen molar-refractivity contribution < 1.29 is 14.6 Å². The van der Waals surface area contributed by atoms with Gasteiger partial charge in [0.05, 0.1) is 19.8 Å². The van der Waals surface area contributed by atoms with Gasteiger partial charge in [-0.15, -0.1) is 6.58 Å². The Bertz CT molecular complexity index is 350. The van der Waals surface area contributed by atoms with Gasteiger partial charge in [0.25, 0.3) is 0 Å². The molecular formula is C24H44O3. The number of unbranched alkanes of at least 4 members (excludes halogenated alkanes) is 9. The molecule has 0 aromatic carbocycles. The molecule has 1 unspecified atom stereocenters. The van der Waals surface area contributed by atoms with Crippen LogP contribution in [0.2, 0.25) is 0 Å². The van der Waals surface area contributed by atoms with Gasteiger partial charge in [0, 0.05) is 6.61 Å². The first-order chi connectivity index (χ1) is 13.3. The minimum atomic E-state index is -0.535. The van der Waals surface area contributed by atoms with Crippen LogP contribution < -0.4 is 0 Å². The van der Waals surface area contributed by atoms with E-state index in [0.29, 0.717) is 19.8 Å². The summed E-state index contributed by atoms with van der Waals surface area (Å²) in [6.45, 7) is 7.69. The van der Waals surface area contributed by atoms with E-state index in [0.717, 1.165) is 19.4 Å². The van der Waals surface area contributed by atoms with E-state index in [-0.39, 0.29) is 0 Å². The van der Waals surface area contributed by atoms with Crippen LogP contribution in [0.5, 0.6) is 0 Å². The number of aliphatic hydroxyl groups excluding tert-OH is 1. The molecule has 0 heterocycles. The summed E-state index contributed by atoms with van der Waals surface area (Å²) < 4.78 is 10.6. The Labute approximate surface area is 168 Å². The summed E-state index contributed by atoms with van der Waals surface area (Å²) in [5.41, 5.74) is 0. The molecule has 0 spiro atoms. The Hall–Kier alpha value is -0.900. The van der Waals surface area contributed by atoms with Crippen LogP contribution in [0.3, 0.4) is 0 Å². The highest BCUT2D eigenvalue weighted by atomic mass is 16.5. The molecule has 3 nitrogen and oxygen atoms in total. The molecule has 1 N–H and O–H groups in total. The molecule has 0 aromatic rings. The third kappa shape index (κ3) is 23.1. The summed E-state index contributed by atoms with van der Waals surface area (Å²) in [4.78, 5) is 0. The largest absolute Gasteiger partial charge is 0.388 e. The zero-order chi connectivity index (χ0) is 19.8. The lowest BCUT2D eigenvalue weighted by molar-refractivity contribution is -0.0136. The zero-order valence-corrected chi connectivity index (χ0v) is 17.7. The van der Waals surface area contributed by atoms with Crippen molar-refractivity contribution in [3.63, 3.8) is 0 Å². The third-order valence-corrected chi connectivity index (χ3v) is 4.35. The molecule has 1 atom stereocenters. The van der Waals surface area contributed by atoms with E-state index in [1.54, 1.807) is 6.08 Å². The molecular weight excluding hydrogens is 336 g/mol. The van der Waals surface area contributed by atoms with Gasteiger partial charge in [-0.25, -0.2) is 0 Å². The minimum absolute atomic E-state index is 0.314. The molecule has 0 bridgehead atoms. The van der Waals surface area contributed by atoms with Crippen LogP contribution in [0.25, 0.3) is 0 Å². The second-order valence-electron chi connectivity index (χ2n) is 7.14. The predicted octanol–water partition coefficient (Wildman–Crippen LogP) is 6.38. The monoisotopic (exact) mass is 380 g/mol. The smallest absolute Gasteiger partial charge is 0.101 e. The Morgan fingerprint density at radius 2 is 1.37 bits per heavy atom. The maximum absolute atomic E-state index is 9.62. The van der Waals surface area contributed by atoms with E-state index in [9.17, 15) is 5.11 Å². The molecule has 0 aliphatic heterocycles. The SMILES string of the molecule is C=CCOCC(O)COCCCCCCC/C=C/C/C=C/CCCCCC. The molecule has 0 rings (SSSR count). The van der Waals surface area contributed by atoms with Gasteiger partial charge in [-0.3, -0.25) is 0 Å². The van der Waals surface area contributed by atoms with Crippen LogP contribution in [0.15, 0.2) is 37.0 Å². The maximum atomic E-state index is 9.62. The van der Waals surface area contributed by atoms with Crippen molar-refractivity contribution in [2.45, 2.75) is 90.1 Å². The Kier molecular flexibility index (Phi) is 22.4. The van der Waals surface area contributed by atoms with Crippen LogP contribution in [-0.4, -0.2) is 37.6 Å². The molecule has 27 heavy (non-hydrogen) atoms. The number of rotatable bonds is 21. The Balaban J connectivity index is 3.21. The predicted molar refractivity (Wildman–Crippen MR) is 117 cm³/mol. The van der Waals surface area contributed by atoms with Gasteiger partial charge in [0.1, 0.15) is 6.10 Å². The fourth-order valence-corrected chi connectivity index (χ4v) is 2.75. The van der Waals surface area contributed by atoms with Crippen LogP contribution in [0.4, 0.5) is 0 Å². The van der Waals surface area contributed by atoms with Gasteiger partial charge in [0.2, 0.25) is 0 Å². The highest BCUT2D eigenvalue weighted by Crippen LogP contribution is 2.07. The fraction of sp³-hybridized carbons (Fsp3) is 0.750. The molecule has 0 aliphatic carbocycles. The van der Waals surface area contributed by atoms with Gasteiger partial charge in [-0.05, 0) is 38.5 Å². The fourth-order valence-electron chi connectivity index (χ4n) is 2.75. The molecule has 0 aliphatic rings. The summed E-state index contributed by atoms with van der Waals surface area (Å²) in [7, 11) is 0. The van der Waals surface area contributed by atoms with Crippen molar-refractivity contribution >= 4 is 0 Å². The highest BCUT2D eigenvalue weighted by Gasteiger charge is 2.03. The minimum Gasteiger partial charge on any atom is -0.388 e. The van der Waals surface area contributed by atoms with Gasteiger partial charge < -0.3 is 14.6 Å². The molecule has 3 heteroatoms. The van der Waals surface area contributed by atoms with Gasteiger partial charge in [-0.1, -0.05) is 75.8 Å². The first-order valence-corrected chi connectivity index (χ1v) is 11.1. The van der Waals surface area contributed by atoms with Crippen molar-refractivity contribution in [1.82, 2.24) is 0 Å². The van der Waals surface area contributed by atoms with E-state index >= 15 is 0 Å². The summed E-state index contributed by atoms with van der Waals surface area (Å²) in [5.74, 6) is 0. The average Bonchev–Trinajstić information content (AvgIpc) is 2.67. The molecule has 158 valence electrons. The van der Waals surface area contributed by atoms with Crippen LogP contribution in [-0.2, 0) is 9.47 Å². The third-order valence-electron chi connectivity index (χ3n) is 4.35. The molecule has 0 saturated heterocycles. The first kappa shape index (κ1) is 26.1. The quantitative estimate of drug-likeness (QED) is 0.185. The van der Waals surface area contributed by atoms with Crippen LogP contribution in [0.1, 0.15) is 84.0 Å². The highest BCUT2D eigenvalue weighted by molar-refractivity contribution is 4.92. The zero-order valence-electron chi connectivity index (χ0n) is 17.7. The Morgan fingerprint density at radius 1 is 0.778 bits per heavy atom. The maximum Gasteiger partial charge on any atom is 0.101 e. The second-order valence-corrected chi connectivity index (χ2v) is 7.14. The summed E-state index contributed by atoms with van der Waals surface area (Å²) >= 11 is 0. The van der Waals surface area contributed by atoms with Crippen molar-refractivity contribution in [1.29, 1.82) is 0 Å². The first-order valence-electron chi connectivity index (χ1n) is 11.1. The van der Waals surface area contributed by atoms with Crippen molar-refractivity contribution in [3.8, 4) is 0 Å². The van der Waals surface area contributed by atoms with E-state index < -0.39 is 6.10 Å². The Morgan fingerprint density at radius 3 is 2.04 bits per heavy atom. The number of ether oxygens (including phenoxy) is 2. The van der Waals surface area contributed by atoms with Crippen LogP contribution in [0, 0.1) is 0 Å².